The summed E-state index contributed by atoms with van der Waals surface area (Å²) in [6.45, 7) is 0. The number of rotatable bonds is 7. The Balaban J connectivity index is 0.992. The zero-order valence-electron chi connectivity index (χ0n) is 30.8. The summed E-state index contributed by atoms with van der Waals surface area (Å²) in [5, 5.41) is 1.38. The van der Waals surface area contributed by atoms with E-state index in [9.17, 15) is 0 Å². The van der Waals surface area contributed by atoms with E-state index < -0.39 is 0 Å². The molecule has 10 rings (SSSR count). The summed E-state index contributed by atoms with van der Waals surface area (Å²) in [7, 11) is 0. The number of aromatic nitrogens is 1. The van der Waals surface area contributed by atoms with Crippen molar-refractivity contribution in [1.82, 2.24) is 9.47 Å². The summed E-state index contributed by atoms with van der Waals surface area (Å²) in [5.41, 5.74) is 14.8. The van der Waals surface area contributed by atoms with Crippen LogP contribution in [-0.2, 0) is 0 Å². The third kappa shape index (κ3) is 5.91. The van der Waals surface area contributed by atoms with E-state index in [1.807, 2.05) is 0 Å². The second kappa shape index (κ2) is 14.2. The van der Waals surface area contributed by atoms with Crippen LogP contribution >= 0.6 is 0 Å². The molecule has 0 fully saturated rings. The van der Waals surface area contributed by atoms with E-state index in [1.54, 1.807) is 0 Å². The molecule has 0 aliphatic heterocycles. The van der Waals surface area contributed by atoms with Gasteiger partial charge in [-0.1, -0.05) is 152 Å². The predicted molar refractivity (Wildman–Crippen MR) is 227 cm³/mol. The Bertz CT molecular complexity index is 2460. The lowest BCUT2D eigenvalue weighted by molar-refractivity contribution is 0.356. The van der Waals surface area contributed by atoms with E-state index in [-0.39, 0.29) is 6.04 Å². The largest absolute Gasteiger partial charge is 0.338 e. The smallest absolute Gasteiger partial charge is 0.0557 e. The van der Waals surface area contributed by atoms with Crippen LogP contribution in [0, 0.1) is 5.92 Å². The van der Waals surface area contributed by atoms with Gasteiger partial charge in [-0.2, -0.15) is 0 Å². The zero-order chi connectivity index (χ0) is 35.8. The first-order chi connectivity index (χ1) is 26.8. The van der Waals surface area contributed by atoms with Crippen molar-refractivity contribution in [1.29, 1.82) is 0 Å². The van der Waals surface area contributed by atoms with E-state index in [2.05, 4.69) is 192 Å². The van der Waals surface area contributed by atoms with Crippen molar-refractivity contribution in [2.45, 2.75) is 56.4 Å². The van der Waals surface area contributed by atoms with Gasteiger partial charge in [-0.3, -0.25) is 0 Å². The Kier molecular flexibility index (Phi) is 8.60. The lowest BCUT2D eigenvalue weighted by Gasteiger charge is -2.38. The van der Waals surface area contributed by atoms with Crippen molar-refractivity contribution < 1.29 is 0 Å². The molecule has 0 radical (unpaired) electrons. The number of para-hydroxylation sites is 2. The molecule has 0 bridgehead atoms. The third-order valence-electron chi connectivity index (χ3n) is 12.3. The molecule has 0 saturated heterocycles. The third-order valence-corrected chi connectivity index (χ3v) is 12.3. The van der Waals surface area contributed by atoms with Crippen molar-refractivity contribution in [3.63, 3.8) is 0 Å². The van der Waals surface area contributed by atoms with Gasteiger partial charge in [0.25, 0.3) is 0 Å². The van der Waals surface area contributed by atoms with Crippen molar-refractivity contribution in [2.24, 2.45) is 5.92 Å². The van der Waals surface area contributed by atoms with Crippen LogP contribution in [0.15, 0.2) is 187 Å². The van der Waals surface area contributed by atoms with Crippen LogP contribution in [0.25, 0.3) is 33.8 Å². The molecule has 5 aliphatic carbocycles. The highest BCUT2D eigenvalue weighted by atomic mass is 15.2. The van der Waals surface area contributed by atoms with Gasteiger partial charge < -0.3 is 9.47 Å². The molecule has 0 spiro atoms. The molecule has 0 saturated carbocycles. The molecule has 4 aromatic carbocycles. The highest BCUT2D eigenvalue weighted by molar-refractivity contribution is 5.93. The number of benzene rings is 4. The van der Waals surface area contributed by atoms with Crippen LogP contribution in [0.2, 0.25) is 0 Å². The van der Waals surface area contributed by atoms with Crippen LogP contribution in [-0.4, -0.2) is 15.5 Å². The summed E-state index contributed by atoms with van der Waals surface area (Å²) in [6, 6.07) is 40.1. The standard InChI is InChI=1S/C52H46N2/c1-3-13-37(14-4-1)39-23-30-43(31-24-39)53(44-32-25-40(26-33-44)38-15-5-2-6-16-38)45-34-27-42(28-35-45)46-18-9-11-21-49(46)54-50-22-12-10-20-48(50)52-47-19-8-7-17-41(47)29-36-51(52)54/h1-6,8-16,18-23,25,27-32,34,36,39,41,45,47H,7,17,24,26,33,35H2. The summed E-state index contributed by atoms with van der Waals surface area (Å²) >= 11 is 0. The summed E-state index contributed by atoms with van der Waals surface area (Å²) in [6.07, 6.45) is 35.5. The Hall–Kier alpha value is -5.86. The summed E-state index contributed by atoms with van der Waals surface area (Å²) < 4.78 is 2.53. The summed E-state index contributed by atoms with van der Waals surface area (Å²) in [4.78, 5) is 2.63. The van der Waals surface area contributed by atoms with Crippen molar-refractivity contribution in [2.75, 3.05) is 0 Å². The molecule has 1 heterocycles. The van der Waals surface area contributed by atoms with Gasteiger partial charge in [-0.15, -0.1) is 0 Å². The van der Waals surface area contributed by atoms with Crippen LogP contribution in [0.1, 0.15) is 78.3 Å². The number of fused-ring (bicyclic) bond motifs is 5. The molecule has 5 aliphatic rings. The first-order valence-corrected chi connectivity index (χ1v) is 19.9. The molecule has 264 valence electrons. The van der Waals surface area contributed by atoms with Crippen molar-refractivity contribution >= 4 is 28.1 Å². The van der Waals surface area contributed by atoms with Crippen molar-refractivity contribution in [3.05, 3.63) is 215 Å². The van der Waals surface area contributed by atoms with E-state index in [1.165, 1.54) is 79.9 Å². The number of hydrogen-bond acceptors (Lipinski definition) is 1. The predicted octanol–water partition coefficient (Wildman–Crippen LogP) is 13.1. The van der Waals surface area contributed by atoms with E-state index in [4.69, 9.17) is 0 Å². The maximum absolute atomic E-state index is 2.63. The van der Waals surface area contributed by atoms with Crippen LogP contribution in [0.3, 0.4) is 0 Å². The van der Waals surface area contributed by atoms with Gasteiger partial charge in [0.15, 0.2) is 0 Å². The Labute approximate surface area is 319 Å². The SMILES string of the molecule is C1=CC2c3c(n(-c4ccccc4C4=CCC(N(C5=CCC(c6ccccc6)C=C5)C5=CC=C(c6ccccc6)CC5)C=C4)c4ccccc34)C=CC2CC1. The minimum atomic E-state index is 0.237. The average Bonchev–Trinajstić information content (AvgIpc) is 3.60. The van der Waals surface area contributed by atoms with Crippen molar-refractivity contribution in [3.8, 4) is 5.69 Å². The van der Waals surface area contributed by atoms with E-state index >= 15 is 0 Å². The topological polar surface area (TPSA) is 8.17 Å². The molecule has 1 aromatic heterocycles. The Morgan fingerprint density at radius 2 is 1.46 bits per heavy atom. The Morgan fingerprint density at radius 1 is 0.648 bits per heavy atom. The normalized spacial score (nSPS) is 22.9. The van der Waals surface area contributed by atoms with Crippen LogP contribution in [0.4, 0.5) is 0 Å². The number of hydrogen-bond donors (Lipinski definition) is 0. The molecule has 4 unspecified atom stereocenters. The van der Waals surface area contributed by atoms with E-state index in [0.29, 0.717) is 17.8 Å². The maximum atomic E-state index is 2.63. The molecule has 5 aromatic rings. The first-order valence-electron chi connectivity index (χ1n) is 19.9. The van der Waals surface area contributed by atoms with Gasteiger partial charge in [0.1, 0.15) is 0 Å². The second-order valence-electron chi connectivity index (χ2n) is 15.4. The van der Waals surface area contributed by atoms with Crippen LogP contribution in [0.5, 0.6) is 0 Å². The number of allylic oxidation sites excluding steroid dienone is 12. The second-order valence-corrected chi connectivity index (χ2v) is 15.4. The van der Waals surface area contributed by atoms with Gasteiger partial charge in [-0.25, -0.2) is 0 Å². The fraction of sp³-hybridized carbons (Fsp3) is 0.192. The Morgan fingerprint density at radius 3 is 2.26 bits per heavy atom. The molecule has 4 atom stereocenters. The van der Waals surface area contributed by atoms with Gasteiger partial charge in [0, 0.05) is 34.2 Å². The maximum Gasteiger partial charge on any atom is 0.0557 e. The lowest BCUT2D eigenvalue weighted by atomic mass is 9.75. The fourth-order valence-corrected chi connectivity index (χ4v) is 9.59. The number of nitrogens with zero attached hydrogens (tertiary/aromatic N) is 2. The quantitative estimate of drug-likeness (QED) is 0.154. The van der Waals surface area contributed by atoms with Crippen LogP contribution < -0.4 is 0 Å². The molecular weight excluding hydrogens is 653 g/mol. The zero-order valence-corrected chi connectivity index (χ0v) is 30.8. The minimum absolute atomic E-state index is 0.237. The van der Waals surface area contributed by atoms with Gasteiger partial charge >= 0.3 is 0 Å². The first kappa shape index (κ1) is 32.8. The molecule has 0 N–H and O–H groups in total. The molecule has 2 nitrogen and oxygen atoms in total. The highest BCUT2D eigenvalue weighted by Gasteiger charge is 2.32. The van der Waals surface area contributed by atoms with Gasteiger partial charge in [-0.05, 0) is 103 Å². The molecule has 0 amide bonds. The van der Waals surface area contributed by atoms with Gasteiger partial charge in [0.05, 0.1) is 22.9 Å². The molecule has 54 heavy (non-hydrogen) atoms. The molecular formula is C52H46N2. The highest BCUT2D eigenvalue weighted by Crippen LogP contribution is 2.47. The average molecular weight is 699 g/mol. The monoisotopic (exact) mass is 698 g/mol. The van der Waals surface area contributed by atoms with E-state index in [0.717, 1.165) is 25.7 Å². The van der Waals surface area contributed by atoms with Gasteiger partial charge in [0.2, 0.25) is 0 Å². The fourth-order valence-electron chi connectivity index (χ4n) is 9.59. The molecule has 2 heteroatoms. The minimum Gasteiger partial charge on any atom is -0.338 e. The lowest BCUT2D eigenvalue weighted by Crippen LogP contribution is -2.33. The summed E-state index contributed by atoms with van der Waals surface area (Å²) in [5.74, 6) is 1.44.